The van der Waals surface area contributed by atoms with Gasteiger partial charge >= 0.3 is 0 Å². The zero-order chi connectivity index (χ0) is 25.5. The Hall–Kier alpha value is -4.88. The predicted octanol–water partition coefficient (Wildman–Crippen LogP) is 10.6. The van der Waals surface area contributed by atoms with Crippen LogP contribution in [0.5, 0.6) is 0 Å². The minimum absolute atomic E-state index is 0.914. The van der Waals surface area contributed by atoms with Crippen molar-refractivity contribution in [1.82, 2.24) is 0 Å². The Bertz CT molecular complexity index is 1840. The third-order valence-corrected chi connectivity index (χ3v) is 7.35. The minimum Gasteiger partial charge on any atom is -0.456 e. The van der Waals surface area contributed by atoms with Crippen LogP contribution in [-0.2, 0) is 0 Å². The molecule has 0 spiro atoms. The summed E-state index contributed by atoms with van der Waals surface area (Å²) in [6, 6.07) is 49.6. The van der Waals surface area contributed by atoms with Gasteiger partial charge in [-0.1, -0.05) is 103 Å². The number of fused-ring (bicyclic) bond motifs is 3. The van der Waals surface area contributed by atoms with Crippen LogP contribution in [0.4, 0.5) is 0 Å². The summed E-state index contributed by atoms with van der Waals surface area (Å²) in [5, 5.41) is 2.31. The van der Waals surface area contributed by atoms with E-state index in [1.807, 2.05) is 0 Å². The first-order chi connectivity index (χ1) is 18.7. The normalized spacial score (nSPS) is 11.3. The van der Waals surface area contributed by atoms with Gasteiger partial charge in [0.05, 0.1) is 0 Å². The number of benzene rings is 6. The van der Waals surface area contributed by atoms with E-state index in [1.54, 1.807) is 0 Å². The molecule has 0 bridgehead atoms. The summed E-state index contributed by atoms with van der Waals surface area (Å²) in [7, 11) is 0. The average molecular weight is 487 g/mol. The van der Waals surface area contributed by atoms with E-state index < -0.39 is 0 Å². The molecule has 7 aromatic rings. The summed E-state index contributed by atoms with van der Waals surface area (Å²) in [4.78, 5) is 0. The van der Waals surface area contributed by atoms with Crippen molar-refractivity contribution in [1.29, 1.82) is 0 Å². The van der Waals surface area contributed by atoms with Crippen molar-refractivity contribution in [3.05, 3.63) is 145 Å². The van der Waals surface area contributed by atoms with Gasteiger partial charge in [-0.15, -0.1) is 0 Å². The Morgan fingerprint density at radius 3 is 1.47 bits per heavy atom. The van der Waals surface area contributed by atoms with Gasteiger partial charge in [-0.3, -0.25) is 0 Å². The van der Waals surface area contributed by atoms with E-state index >= 15 is 0 Å². The number of hydrogen-bond acceptors (Lipinski definition) is 1. The largest absolute Gasteiger partial charge is 0.456 e. The molecule has 0 amide bonds. The second-order valence-electron chi connectivity index (χ2n) is 9.85. The Labute approximate surface area is 222 Å². The molecule has 0 aliphatic heterocycles. The summed E-state index contributed by atoms with van der Waals surface area (Å²) in [5.41, 5.74) is 12.6. The fourth-order valence-corrected chi connectivity index (χ4v) is 5.51. The van der Waals surface area contributed by atoms with Crippen molar-refractivity contribution in [3.63, 3.8) is 0 Å². The van der Waals surface area contributed by atoms with Gasteiger partial charge in [-0.2, -0.15) is 0 Å². The topological polar surface area (TPSA) is 13.1 Å². The van der Waals surface area contributed by atoms with Gasteiger partial charge in [0.1, 0.15) is 11.2 Å². The summed E-state index contributed by atoms with van der Waals surface area (Å²) in [6.07, 6.45) is 0. The Balaban J connectivity index is 1.51. The lowest BCUT2D eigenvalue weighted by Gasteiger charge is -2.12. The molecule has 180 valence electrons. The molecular weight excluding hydrogens is 460 g/mol. The molecule has 0 unspecified atom stereocenters. The summed E-state index contributed by atoms with van der Waals surface area (Å²) < 4.78 is 6.47. The van der Waals surface area contributed by atoms with Crippen LogP contribution in [0.25, 0.3) is 66.4 Å². The van der Waals surface area contributed by atoms with Gasteiger partial charge in [0.2, 0.25) is 0 Å². The second kappa shape index (κ2) is 9.21. The Kier molecular flexibility index (Phi) is 5.41. The lowest BCUT2D eigenvalue weighted by atomic mass is 9.91. The van der Waals surface area contributed by atoms with Crippen LogP contribution in [0.2, 0.25) is 0 Å². The van der Waals surface area contributed by atoms with Crippen LogP contribution in [-0.4, -0.2) is 0 Å². The molecule has 0 aliphatic rings. The number of aryl methyl sites for hydroxylation is 1. The summed E-state index contributed by atoms with van der Waals surface area (Å²) in [6.45, 7) is 2.14. The minimum atomic E-state index is 0.914. The average Bonchev–Trinajstić information content (AvgIpc) is 3.38. The van der Waals surface area contributed by atoms with Crippen LogP contribution in [0.15, 0.2) is 144 Å². The van der Waals surface area contributed by atoms with Crippen LogP contribution >= 0.6 is 0 Å². The zero-order valence-electron chi connectivity index (χ0n) is 21.2. The molecule has 38 heavy (non-hydrogen) atoms. The predicted molar refractivity (Wildman–Crippen MR) is 160 cm³/mol. The van der Waals surface area contributed by atoms with Crippen molar-refractivity contribution in [2.24, 2.45) is 0 Å². The maximum absolute atomic E-state index is 6.47. The van der Waals surface area contributed by atoms with Crippen LogP contribution in [0.3, 0.4) is 0 Å². The molecule has 0 saturated heterocycles. The van der Waals surface area contributed by atoms with E-state index in [0.29, 0.717) is 0 Å². The van der Waals surface area contributed by atoms with E-state index in [-0.39, 0.29) is 0 Å². The van der Waals surface area contributed by atoms with Gasteiger partial charge in [0.15, 0.2) is 0 Å². The zero-order valence-corrected chi connectivity index (χ0v) is 21.2. The molecule has 1 aromatic heterocycles. The Morgan fingerprint density at radius 1 is 0.421 bits per heavy atom. The first kappa shape index (κ1) is 22.3. The van der Waals surface area contributed by atoms with Crippen LogP contribution in [0, 0.1) is 6.92 Å². The standard InChI is InChI=1S/C37H26O/c1-25-20-29(26-12-5-2-6-13-26)24-34-36-33(18-11-19-35(36)38-37(25)34)32-22-30(27-14-7-3-8-15-27)21-31(23-32)28-16-9-4-10-17-28/h2-24H,1H3. The number of rotatable bonds is 4. The van der Waals surface area contributed by atoms with Crippen molar-refractivity contribution in [2.45, 2.75) is 6.92 Å². The van der Waals surface area contributed by atoms with Gasteiger partial charge < -0.3 is 4.42 Å². The van der Waals surface area contributed by atoms with E-state index in [0.717, 1.165) is 27.5 Å². The maximum Gasteiger partial charge on any atom is 0.138 e. The molecule has 0 atom stereocenters. The highest BCUT2D eigenvalue weighted by molar-refractivity contribution is 6.14. The highest BCUT2D eigenvalue weighted by Crippen LogP contribution is 2.41. The summed E-state index contributed by atoms with van der Waals surface area (Å²) >= 11 is 0. The molecule has 0 aliphatic carbocycles. The summed E-state index contributed by atoms with van der Waals surface area (Å²) in [5.74, 6) is 0. The molecule has 1 heteroatoms. The van der Waals surface area contributed by atoms with E-state index in [1.165, 1.54) is 44.5 Å². The first-order valence-electron chi connectivity index (χ1n) is 13.0. The van der Waals surface area contributed by atoms with E-state index in [4.69, 9.17) is 4.42 Å². The highest BCUT2D eigenvalue weighted by atomic mass is 16.3. The van der Waals surface area contributed by atoms with Crippen molar-refractivity contribution in [2.75, 3.05) is 0 Å². The molecule has 6 aromatic carbocycles. The quantitative estimate of drug-likeness (QED) is 0.241. The number of furan rings is 1. The molecule has 0 fully saturated rings. The van der Waals surface area contributed by atoms with Gasteiger partial charge in [0.25, 0.3) is 0 Å². The first-order valence-corrected chi connectivity index (χ1v) is 13.0. The SMILES string of the molecule is Cc1cc(-c2ccccc2)cc2c1oc1cccc(-c3cc(-c4ccccc4)cc(-c4ccccc4)c3)c12. The number of hydrogen-bond donors (Lipinski definition) is 0. The highest BCUT2D eigenvalue weighted by Gasteiger charge is 2.17. The molecule has 0 N–H and O–H groups in total. The lowest BCUT2D eigenvalue weighted by Crippen LogP contribution is -1.87. The van der Waals surface area contributed by atoms with E-state index in [2.05, 4.69) is 146 Å². The Morgan fingerprint density at radius 2 is 0.921 bits per heavy atom. The third-order valence-electron chi connectivity index (χ3n) is 7.35. The molecular formula is C37H26O. The van der Waals surface area contributed by atoms with Crippen LogP contribution in [0.1, 0.15) is 5.56 Å². The maximum atomic E-state index is 6.47. The smallest absolute Gasteiger partial charge is 0.138 e. The van der Waals surface area contributed by atoms with Gasteiger partial charge in [0, 0.05) is 10.8 Å². The van der Waals surface area contributed by atoms with Crippen molar-refractivity contribution < 1.29 is 4.42 Å². The molecule has 0 saturated carbocycles. The van der Waals surface area contributed by atoms with Crippen molar-refractivity contribution in [3.8, 4) is 44.5 Å². The molecule has 1 heterocycles. The third kappa shape index (κ3) is 3.90. The molecule has 7 rings (SSSR count). The van der Waals surface area contributed by atoms with Gasteiger partial charge in [-0.25, -0.2) is 0 Å². The second-order valence-corrected chi connectivity index (χ2v) is 9.85. The fourth-order valence-electron chi connectivity index (χ4n) is 5.51. The van der Waals surface area contributed by atoms with E-state index in [9.17, 15) is 0 Å². The molecule has 1 nitrogen and oxygen atoms in total. The fraction of sp³-hybridized carbons (Fsp3) is 0.0270. The van der Waals surface area contributed by atoms with Crippen molar-refractivity contribution >= 4 is 21.9 Å². The monoisotopic (exact) mass is 486 g/mol. The molecule has 0 radical (unpaired) electrons. The van der Waals surface area contributed by atoms with Gasteiger partial charge in [-0.05, 0) is 93.4 Å². The lowest BCUT2D eigenvalue weighted by molar-refractivity contribution is 0.666. The van der Waals surface area contributed by atoms with Crippen LogP contribution < -0.4 is 0 Å².